The minimum absolute atomic E-state index is 0.0193. The van der Waals surface area contributed by atoms with Gasteiger partial charge in [-0.15, -0.1) is 0 Å². The van der Waals surface area contributed by atoms with Crippen LogP contribution < -0.4 is 18.9 Å². The number of ether oxygens (including phenoxy) is 4. The van der Waals surface area contributed by atoms with Gasteiger partial charge in [-0.2, -0.15) is 0 Å². The Morgan fingerprint density at radius 1 is 1.13 bits per heavy atom. The molecule has 0 bridgehead atoms. The summed E-state index contributed by atoms with van der Waals surface area (Å²) in [5, 5.41) is 0.510. The van der Waals surface area contributed by atoms with E-state index in [2.05, 4.69) is 4.72 Å². The van der Waals surface area contributed by atoms with Crippen LogP contribution in [-0.4, -0.2) is 41.3 Å². The predicted molar refractivity (Wildman–Crippen MR) is 110 cm³/mol. The van der Waals surface area contributed by atoms with Crippen LogP contribution in [0.2, 0.25) is 5.02 Å². The molecule has 0 fully saturated rings. The molecule has 162 valence electrons. The topological polar surface area (TPSA) is 100 Å². The van der Waals surface area contributed by atoms with Crippen molar-refractivity contribution < 1.29 is 32.2 Å². The number of halogens is 1. The van der Waals surface area contributed by atoms with Crippen LogP contribution in [0.5, 0.6) is 17.2 Å². The molecule has 0 amide bonds. The fraction of sp³-hybridized carbons (Fsp3) is 0.350. The Hall–Kier alpha value is -2.49. The molecule has 8 nitrogen and oxygen atoms in total. The summed E-state index contributed by atoms with van der Waals surface area (Å²) >= 11 is 5.95. The lowest BCUT2D eigenvalue weighted by molar-refractivity contribution is -0.145. The number of fused-ring (bicyclic) bond motifs is 1. The van der Waals surface area contributed by atoms with Gasteiger partial charge in [0.15, 0.2) is 11.5 Å². The minimum Gasteiger partial charge on any atom is -0.496 e. The summed E-state index contributed by atoms with van der Waals surface area (Å²) in [7, 11) is -2.21. The normalized spacial score (nSPS) is 13.0. The maximum atomic E-state index is 12.4. The lowest BCUT2D eigenvalue weighted by Gasteiger charge is -2.18. The van der Waals surface area contributed by atoms with E-state index in [-0.39, 0.29) is 30.9 Å². The molecule has 1 aliphatic heterocycles. The standard InChI is InChI=1S/C20H22ClNO7S/c1-26-17-6-4-15(21)11-14(17)13-29-20(23)3-2-8-22-30(24,25)16-5-7-18-19(12-16)28-10-9-27-18/h4-7,11-12,22H,2-3,8-10,13H2,1H3. The van der Waals surface area contributed by atoms with Gasteiger partial charge in [0.05, 0.1) is 12.0 Å². The fourth-order valence-electron chi connectivity index (χ4n) is 2.80. The largest absolute Gasteiger partial charge is 0.496 e. The number of carbonyl (C=O) groups excluding carboxylic acids is 1. The zero-order chi connectivity index (χ0) is 21.6. The molecule has 1 aliphatic rings. The van der Waals surface area contributed by atoms with Gasteiger partial charge in [0, 0.05) is 29.6 Å². The van der Waals surface area contributed by atoms with Crippen molar-refractivity contribution in [2.45, 2.75) is 24.3 Å². The number of methoxy groups -OCH3 is 1. The molecule has 0 saturated heterocycles. The van der Waals surface area contributed by atoms with E-state index in [1.165, 1.54) is 19.2 Å². The second-order valence-electron chi connectivity index (χ2n) is 6.42. The number of hydrogen-bond donors (Lipinski definition) is 1. The highest BCUT2D eigenvalue weighted by molar-refractivity contribution is 7.89. The molecular weight excluding hydrogens is 434 g/mol. The SMILES string of the molecule is COc1ccc(Cl)cc1COC(=O)CCCNS(=O)(=O)c1ccc2c(c1)OCCO2. The highest BCUT2D eigenvalue weighted by atomic mass is 35.5. The first-order valence-electron chi connectivity index (χ1n) is 9.26. The van der Waals surface area contributed by atoms with Crippen LogP contribution in [0.3, 0.4) is 0 Å². The van der Waals surface area contributed by atoms with Crippen molar-refractivity contribution >= 4 is 27.6 Å². The molecule has 1 heterocycles. The van der Waals surface area contributed by atoms with Gasteiger partial charge in [-0.25, -0.2) is 13.1 Å². The number of carbonyl (C=O) groups is 1. The van der Waals surface area contributed by atoms with Crippen molar-refractivity contribution in [2.24, 2.45) is 0 Å². The van der Waals surface area contributed by atoms with Gasteiger partial charge >= 0.3 is 5.97 Å². The maximum Gasteiger partial charge on any atom is 0.306 e. The van der Waals surface area contributed by atoms with Crippen LogP contribution in [0.1, 0.15) is 18.4 Å². The highest BCUT2D eigenvalue weighted by Crippen LogP contribution is 2.32. The van der Waals surface area contributed by atoms with E-state index in [0.29, 0.717) is 41.0 Å². The summed E-state index contributed by atoms with van der Waals surface area (Å²) in [6.07, 6.45) is 0.349. The average molecular weight is 456 g/mol. The zero-order valence-corrected chi connectivity index (χ0v) is 17.9. The number of esters is 1. The molecule has 0 atom stereocenters. The number of nitrogens with one attached hydrogen (secondary N) is 1. The Bertz CT molecular complexity index is 1010. The van der Waals surface area contributed by atoms with Crippen molar-refractivity contribution in [1.29, 1.82) is 0 Å². The molecular formula is C20H22ClNO7S. The van der Waals surface area contributed by atoms with E-state index in [1.54, 1.807) is 24.3 Å². The molecule has 30 heavy (non-hydrogen) atoms. The minimum atomic E-state index is -3.73. The first-order chi connectivity index (χ1) is 14.4. The van der Waals surface area contributed by atoms with E-state index in [1.807, 2.05) is 0 Å². The van der Waals surface area contributed by atoms with E-state index < -0.39 is 16.0 Å². The molecule has 3 rings (SSSR count). The number of hydrogen-bond acceptors (Lipinski definition) is 7. The Morgan fingerprint density at radius 2 is 1.90 bits per heavy atom. The Balaban J connectivity index is 1.45. The van der Waals surface area contributed by atoms with Gasteiger partial charge in [-0.3, -0.25) is 4.79 Å². The summed E-state index contributed by atoms with van der Waals surface area (Å²) in [6.45, 7) is 0.905. The summed E-state index contributed by atoms with van der Waals surface area (Å²) in [5.74, 6) is 1.03. The Morgan fingerprint density at radius 3 is 2.67 bits per heavy atom. The van der Waals surface area contributed by atoms with E-state index >= 15 is 0 Å². The second-order valence-corrected chi connectivity index (χ2v) is 8.63. The lowest BCUT2D eigenvalue weighted by atomic mass is 10.2. The number of rotatable bonds is 9. The molecule has 10 heteroatoms. The van der Waals surface area contributed by atoms with Gasteiger partial charge in [0.25, 0.3) is 0 Å². The van der Waals surface area contributed by atoms with Crippen molar-refractivity contribution in [3.05, 3.63) is 47.0 Å². The van der Waals surface area contributed by atoms with Gasteiger partial charge in [-0.05, 0) is 36.8 Å². The van der Waals surface area contributed by atoms with Crippen LogP contribution in [0.4, 0.5) is 0 Å². The summed E-state index contributed by atoms with van der Waals surface area (Å²) in [5.41, 5.74) is 0.651. The molecule has 0 unspecified atom stereocenters. The molecule has 0 aromatic heterocycles. The van der Waals surface area contributed by atoms with Crippen molar-refractivity contribution in [2.75, 3.05) is 26.9 Å². The van der Waals surface area contributed by atoms with Gasteiger partial charge in [-0.1, -0.05) is 11.6 Å². The van der Waals surface area contributed by atoms with Gasteiger partial charge in [0.2, 0.25) is 10.0 Å². The van der Waals surface area contributed by atoms with E-state index in [4.69, 9.17) is 30.5 Å². The van der Waals surface area contributed by atoms with Crippen molar-refractivity contribution in [1.82, 2.24) is 4.72 Å². The third kappa shape index (κ3) is 5.78. The molecule has 1 N–H and O–H groups in total. The summed E-state index contributed by atoms with van der Waals surface area (Å²) in [6, 6.07) is 9.46. The highest BCUT2D eigenvalue weighted by Gasteiger charge is 2.19. The van der Waals surface area contributed by atoms with E-state index in [9.17, 15) is 13.2 Å². The van der Waals surface area contributed by atoms with Gasteiger partial charge in [0.1, 0.15) is 25.6 Å². The van der Waals surface area contributed by atoms with Crippen LogP contribution in [0.25, 0.3) is 0 Å². The predicted octanol–water partition coefficient (Wildman–Crippen LogP) is 2.92. The second kappa shape index (κ2) is 10.0. The first kappa shape index (κ1) is 22.2. The van der Waals surface area contributed by atoms with Crippen molar-refractivity contribution in [3.63, 3.8) is 0 Å². The van der Waals surface area contributed by atoms with Crippen molar-refractivity contribution in [3.8, 4) is 17.2 Å². The number of sulfonamides is 1. The molecule has 0 spiro atoms. The first-order valence-corrected chi connectivity index (χ1v) is 11.1. The van der Waals surface area contributed by atoms with Crippen LogP contribution in [0, 0.1) is 0 Å². The third-order valence-electron chi connectivity index (χ3n) is 4.30. The summed E-state index contributed by atoms with van der Waals surface area (Å²) < 4.78 is 48.5. The molecule has 0 aliphatic carbocycles. The lowest BCUT2D eigenvalue weighted by Crippen LogP contribution is -2.25. The molecule has 0 saturated carbocycles. The van der Waals surface area contributed by atoms with Crippen LogP contribution in [0.15, 0.2) is 41.3 Å². The quantitative estimate of drug-likeness (QED) is 0.458. The molecule has 2 aromatic rings. The fourth-order valence-corrected chi connectivity index (χ4v) is 4.09. The smallest absolute Gasteiger partial charge is 0.306 e. The molecule has 0 radical (unpaired) electrons. The number of benzene rings is 2. The summed E-state index contributed by atoms with van der Waals surface area (Å²) in [4.78, 5) is 12.0. The average Bonchev–Trinajstić information content (AvgIpc) is 2.75. The monoisotopic (exact) mass is 455 g/mol. The van der Waals surface area contributed by atoms with Gasteiger partial charge < -0.3 is 18.9 Å². The van der Waals surface area contributed by atoms with Crippen LogP contribution in [-0.2, 0) is 26.2 Å². The Labute approximate surface area is 180 Å². The van der Waals surface area contributed by atoms with E-state index in [0.717, 1.165) is 0 Å². The maximum absolute atomic E-state index is 12.4. The zero-order valence-electron chi connectivity index (χ0n) is 16.4. The van der Waals surface area contributed by atoms with Crippen LogP contribution >= 0.6 is 11.6 Å². The Kier molecular flexibility index (Phi) is 7.41. The molecule has 2 aromatic carbocycles. The third-order valence-corrected chi connectivity index (χ3v) is 6.00.